The molecule has 102 valence electrons. The fourth-order valence-electron chi connectivity index (χ4n) is 3.80. The summed E-state index contributed by atoms with van der Waals surface area (Å²) in [6.45, 7) is 4.13. The van der Waals surface area contributed by atoms with Crippen LogP contribution in [0, 0.1) is 29.6 Å². The summed E-state index contributed by atoms with van der Waals surface area (Å²) in [5.74, 6) is 1.20. The van der Waals surface area contributed by atoms with Crippen molar-refractivity contribution in [1.82, 2.24) is 0 Å². The Morgan fingerprint density at radius 3 is 2.11 bits per heavy atom. The minimum Gasteiger partial charge on any atom is -0.166 e. The maximum atomic E-state index is 12.8. The molecule has 3 rings (SSSR count). The van der Waals surface area contributed by atoms with Crippen LogP contribution in [0.1, 0.15) is 13.8 Å². The molecule has 0 saturated heterocycles. The molecule has 0 aromatic rings. The van der Waals surface area contributed by atoms with Gasteiger partial charge < -0.3 is 0 Å². The van der Waals surface area contributed by atoms with Crippen LogP contribution in [0.3, 0.4) is 0 Å². The average Bonchev–Trinajstić information content (AvgIpc) is 2.62. The minimum atomic E-state index is -4.23. The van der Waals surface area contributed by atoms with Crippen LogP contribution in [-0.2, 0) is 0 Å². The largest absolute Gasteiger partial charge is 0.416 e. The second kappa shape index (κ2) is 4.12. The van der Waals surface area contributed by atoms with E-state index in [4.69, 9.17) is 0 Å². The van der Waals surface area contributed by atoms with E-state index in [0.717, 1.165) is 0 Å². The molecule has 0 aliphatic heterocycles. The molecule has 0 spiro atoms. The normalized spacial score (nSPS) is 40.6. The lowest BCUT2D eigenvalue weighted by Crippen LogP contribution is -2.20. The topological polar surface area (TPSA) is 0 Å². The van der Waals surface area contributed by atoms with E-state index in [9.17, 15) is 13.2 Å². The monoisotopic (exact) mass is 266 g/mol. The van der Waals surface area contributed by atoms with Crippen LogP contribution >= 0.6 is 0 Å². The second-order valence-corrected chi connectivity index (χ2v) is 5.92. The highest BCUT2D eigenvalue weighted by molar-refractivity contribution is 5.36. The minimum absolute atomic E-state index is 0.00317. The number of hydrogen-bond acceptors (Lipinski definition) is 0. The molecule has 19 heavy (non-hydrogen) atoms. The van der Waals surface area contributed by atoms with Gasteiger partial charge in [-0.05, 0) is 36.5 Å². The summed E-state index contributed by atoms with van der Waals surface area (Å²) in [5, 5.41) is 0. The standard InChI is InChI=1S/C16H17F3/c1-9-3-5-12-13-6-4-11(16(17,18)19)8-15(13)10(2)14(12)7-9/h3-8,10,12-15H,1-2H3. The first-order valence-corrected chi connectivity index (χ1v) is 6.72. The third kappa shape index (κ3) is 1.99. The Bertz CT molecular complexity index is 505. The molecule has 0 heterocycles. The van der Waals surface area contributed by atoms with Crippen molar-refractivity contribution in [3.8, 4) is 0 Å². The van der Waals surface area contributed by atoms with Crippen molar-refractivity contribution in [3.63, 3.8) is 0 Å². The summed E-state index contributed by atoms with van der Waals surface area (Å²) in [4.78, 5) is 0. The molecule has 0 radical (unpaired) electrons. The molecule has 0 aromatic heterocycles. The molecule has 5 unspecified atom stereocenters. The lowest BCUT2D eigenvalue weighted by Gasteiger charge is -2.25. The van der Waals surface area contributed by atoms with E-state index >= 15 is 0 Å². The number of hydrogen-bond donors (Lipinski definition) is 0. The van der Waals surface area contributed by atoms with Crippen molar-refractivity contribution in [3.05, 3.63) is 47.6 Å². The zero-order valence-corrected chi connectivity index (χ0v) is 11.0. The fraction of sp³-hybridized carbons (Fsp3) is 0.500. The summed E-state index contributed by atoms with van der Waals surface area (Å²) in [6, 6.07) is 0. The Balaban J connectivity index is 1.95. The van der Waals surface area contributed by atoms with Crippen LogP contribution in [0.5, 0.6) is 0 Å². The Labute approximate surface area is 111 Å². The number of alkyl halides is 3. The van der Waals surface area contributed by atoms with Gasteiger partial charge in [-0.25, -0.2) is 0 Å². The molecular formula is C16H17F3. The molecule has 5 atom stereocenters. The summed E-state index contributed by atoms with van der Waals surface area (Å²) in [6.07, 6.45) is 6.75. The van der Waals surface area contributed by atoms with E-state index in [1.54, 1.807) is 6.08 Å². The van der Waals surface area contributed by atoms with Gasteiger partial charge in [0.15, 0.2) is 0 Å². The zero-order chi connectivity index (χ0) is 13.8. The number of fused-ring (bicyclic) bond motifs is 3. The molecule has 0 N–H and O–H groups in total. The smallest absolute Gasteiger partial charge is 0.166 e. The third-order valence-corrected chi connectivity index (χ3v) is 4.78. The van der Waals surface area contributed by atoms with Crippen molar-refractivity contribution in [2.24, 2.45) is 29.6 Å². The zero-order valence-electron chi connectivity index (χ0n) is 11.0. The van der Waals surface area contributed by atoms with Gasteiger partial charge in [0.2, 0.25) is 0 Å². The van der Waals surface area contributed by atoms with Gasteiger partial charge >= 0.3 is 6.18 Å². The predicted molar refractivity (Wildman–Crippen MR) is 69.3 cm³/mol. The predicted octanol–water partition coefficient (Wildman–Crippen LogP) is 4.68. The number of rotatable bonds is 0. The fourth-order valence-corrected chi connectivity index (χ4v) is 3.80. The van der Waals surface area contributed by atoms with Crippen LogP contribution in [0.25, 0.3) is 0 Å². The molecule has 0 bridgehead atoms. The van der Waals surface area contributed by atoms with Crippen LogP contribution in [-0.4, -0.2) is 6.18 Å². The van der Waals surface area contributed by atoms with E-state index < -0.39 is 11.7 Å². The first-order chi connectivity index (χ1) is 8.88. The summed E-state index contributed by atoms with van der Waals surface area (Å²) < 4.78 is 38.4. The van der Waals surface area contributed by atoms with E-state index in [2.05, 4.69) is 25.2 Å². The van der Waals surface area contributed by atoms with Crippen molar-refractivity contribution in [1.29, 1.82) is 0 Å². The molecule has 1 fully saturated rings. The summed E-state index contributed by atoms with van der Waals surface area (Å²) in [7, 11) is 0. The number of halogens is 3. The van der Waals surface area contributed by atoms with Crippen LogP contribution in [0.4, 0.5) is 13.2 Å². The van der Waals surface area contributed by atoms with E-state index in [0.29, 0.717) is 11.8 Å². The van der Waals surface area contributed by atoms with Crippen molar-refractivity contribution in [2.75, 3.05) is 0 Å². The maximum absolute atomic E-state index is 12.8. The number of allylic oxidation sites excluding steroid dienone is 8. The molecule has 0 amide bonds. The van der Waals surface area contributed by atoms with Crippen LogP contribution in [0.15, 0.2) is 47.6 Å². The highest BCUT2D eigenvalue weighted by atomic mass is 19.4. The van der Waals surface area contributed by atoms with Gasteiger partial charge in [0.25, 0.3) is 0 Å². The first-order valence-electron chi connectivity index (χ1n) is 6.72. The van der Waals surface area contributed by atoms with E-state index in [-0.39, 0.29) is 17.8 Å². The van der Waals surface area contributed by atoms with Crippen LogP contribution < -0.4 is 0 Å². The molecule has 3 heteroatoms. The van der Waals surface area contributed by atoms with E-state index in [1.165, 1.54) is 17.7 Å². The Hall–Kier alpha value is -1.25. The van der Waals surface area contributed by atoms with Crippen molar-refractivity contribution < 1.29 is 13.2 Å². The molecule has 3 aliphatic rings. The Kier molecular flexibility index (Phi) is 2.77. The lowest BCUT2D eigenvalue weighted by atomic mass is 9.81. The lowest BCUT2D eigenvalue weighted by molar-refractivity contribution is -0.0891. The maximum Gasteiger partial charge on any atom is 0.416 e. The molecule has 0 aromatic carbocycles. The van der Waals surface area contributed by atoms with Crippen molar-refractivity contribution >= 4 is 0 Å². The van der Waals surface area contributed by atoms with Gasteiger partial charge in [0, 0.05) is 0 Å². The first kappa shape index (κ1) is 12.8. The average molecular weight is 266 g/mol. The SMILES string of the molecule is CC1=CC2C(C)C3C=C(C(F)(F)F)C=CC3C2C=C1. The Morgan fingerprint density at radius 1 is 0.895 bits per heavy atom. The van der Waals surface area contributed by atoms with E-state index in [1.807, 2.05) is 6.92 Å². The highest BCUT2D eigenvalue weighted by Gasteiger charge is 2.47. The highest BCUT2D eigenvalue weighted by Crippen LogP contribution is 2.53. The molecule has 3 aliphatic carbocycles. The molecule has 1 saturated carbocycles. The summed E-state index contributed by atoms with van der Waals surface area (Å²) in [5.41, 5.74) is 0.736. The Morgan fingerprint density at radius 2 is 1.47 bits per heavy atom. The van der Waals surface area contributed by atoms with Gasteiger partial charge in [-0.2, -0.15) is 13.2 Å². The molecular weight excluding hydrogens is 249 g/mol. The van der Waals surface area contributed by atoms with Gasteiger partial charge in [-0.3, -0.25) is 0 Å². The summed E-state index contributed by atoms with van der Waals surface area (Å²) >= 11 is 0. The van der Waals surface area contributed by atoms with Gasteiger partial charge in [-0.15, -0.1) is 0 Å². The third-order valence-electron chi connectivity index (χ3n) is 4.78. The van der Waals surface area contributed by atoms with Gasteiger partial charge in [-0.1, -0.05) is 49.0 Å². The van der Waals surface area contributed by atoms with Gasteiger partial charge in [0.05, 0.1) is 5.57 Å². The second-order valence-electron chi connectivity index (χ2n) is 5.92. The van der Waals surface area contributed by atoms with Crippen molar-refractivity contribution in [2.45, 2.75) is 20.0 Å². The quantitative estimate of drug-likeness (QED) is 0.597. The van der Waals surface area contributed by atoms with Gasteiger partial charge in [0.1, 0.15) is 0 Å². The van der Waals surface area contributed by atoms with Crippen LogP contribution in [0.2, 0.25) is 0 Å². The molecule has 0 nitrogen and oxygen atoms in total.